The highest BCUT2D eigenvalue weighted by Crippen LogP contribution is 2.25. The number of rotatable bonds is 5. The van der Waals surface area contributed by atoms with Gasteiger partial charge in [-0.1, -0.05) is 38.1 Å². The van der Waals surface area contributed by atoms with E-state index >= 15 is 0 Å². The zero-order chi connectivity index (χ0) is 20.7. The first kappa shape index (κ1) is 21.5. The first-order valence-corrected chi connectivity index (χ1v) is 10.2. The zero-order valence-electron chi connectivity index (χ0n) is 15.5. The molecule has 0 amide bonds. The third-order valence-corrected chi connectivity index (χ3v) is 5.17. The fraction of sp³-hybridized carbons (Fsp3) is 0.143. The molecule has 2 N–H and O–H groups in total. The highest BCUT2D eigenvalue weighted by molar-refractivity contribution is 7.92. The Labute approximate surface area is 163 Å². The van der Waals surface area contributed by atoms with Crippen LogP contribution >= 0.6 is 0 Å². The van der Waals surface area contributed by atoms with E-state index in [0.29, 0.717) is 16.8 Å². The van der Waals surface area contributed by atoms with Crippen LogP contribution in [0.15, 0.2) is 71.6 Å². The molecule has 148 valence electrons. The van der Waals surface area contributed by atoms with Crippen LogP contribution in [0.4, 0.5) is 14.5 Å². The van der Waals surface area contributed by atoms with Gasteiger partial charge < -0.3 is 5.11 Å². The third kappa shape index (κ3) is 5.15. The minimum atomic E-state index is -3.84. The second kappa shape index (κ2) is 9.43. The first-order valence-electron chi connectivity index (χ1n) is 8.67. The van der Waals surface area contributed by atoms with Crippen LogP contribution in [0.3, 0.4) is 0 Å². The molecule has 3 aromatic carbocycles. The molecule has 28 heavy (non-hydrogen) atoms. The van der Waals surface area contributed by atoms with Crippen molar-refractivity contribution in [2.75, 3.05) is 4.72 Å². The van der Waals surface area contributed by atoms with E-state index in [1.165, 1.54) is 36.4 Å². The molecule has 0 spiro atoms. The van der Waals surface area contributed by atoms with Crippen molar-refractivity contribution in [2.24, 2.45) is 0 Å². The molecule has 0 bridgehead atoms. The van der Waals surface area contributed by atoms with Gasteiger partial charge in [-0.3, -0.25) is 4.72 Å². The molecular formula is C21H21F2NO3S. The number of benzene rings is 3. The van der Waals surface area contributed by atoms with Crippen LogP contribution < -0.4 is 4.72 Å². The Balaban J connectivity index is 0.00000136. The lowest BCUT2D eigenvalue weighted by Gasteiger charge is -2.10. The van der Waals surface area contributed by atoms with Gasteiger partial charge in [-0.05, 0) is 47.5 Å². The van der Waals surface area contributed by atoms with Gasteiger partial charge in [-0.2, -0.15) is 0 Å². The average molecular weight is 405 g/mol. The van der Waals surface area contributed by atoms with E-state index in [-0.39, 0.29) is 17.1 Å². The van der Waals surface area contributed by atoms with Crippen molar-refractivity contribution in [3.05, 3.63) is 83.9 Å². The van der Waals surface area contributed by atoms with Crippen LogP contribution in [0, 0.1) is 11.6 Å². The predicted octanol–water partition coefficient (Wildman–Crippen LogP) is 4.95. The van der Waals surface area contributed by atoms with Gasteiger partial charge in [-0.15, -0.1) is 0 Å². The Morgan fingerprint density at radius 1 is 0.929 bits per heavy atom. The molecule has 0 aliphatic carbocycles. The van der Waals surface area contributed by atoms with Crippen LogP contribution in [-0.4, -0.2) is 13.5 Å². The molecule has 4 nitrogen and oxygen atoms in total. The van der Waals surface area contributed by atoms with Crippen LogP contribution in [0.2, 0.25) is 0 Å². The molecule has 3 rings (SSSR count). The summed E-state index contributed by atoms with van der Waals surface area (Å²) in [5.41, 5.74) is 1.51. The largest absolute Gasteiger partial charge is 0.392 e. The van der Waals surface area contributed by atoms with Gasteiger partial charge in [-0.25, -0.2) is 17.2 Å². The van der Waals surface area contributed by atoms with Crippen LogP contribution in [0.25, 0.3) is 11.1 Å². The highest BCUT2D eigenvalue weighted by Gasteiger charge is 2.15. The number of nitrogens with one attached hydrogen (secondary N) is 1. The van der Waals surface area contributed by atoms with Crippen molar-refractivity contribution in [3.63, 3.8) is 0 Å². The summed E-state index contributed by atoms with van der Waals surface area (Å²) in [4.78, 5) is -0.00169. The molecule has 0 heterocycles. The molecule has 0 aliphatic heterocycles. The molecule has 0 saturated carbocycles. The molecule has 0 atom stereocenters. The summed E-state index contributed by atoms with van der Waals surface area (Å²) in [6.07, 6.45) is 0. The number of aliphatic hydroxyl groups is 1. The molecular weight excluding hydrogens is 384 g/mol. The van der Waals surface area contributed by atoms with Crippen LogP contribution in [-0.2, 0) is 16.6 Å². The van der Waals surface area contributed by atoms with E-state index in [0.717, 1.165) is 12.1 Å². The maximum atomic E-state index is 13.8. The number of sulfonamides is 1. The second-order valence-corrected chi connectivity index (χ2v) is 7.29. The molecule has 0 fully saturated rings. The second-order valence-electron chi connectivity index (χ2n) is 5.61. The normalized spacial score (nSPS) is 10.8. The van der Waals surface area contributed by atoms with E-state index in [1.807, 2.05) is 13.8 Å². The van der Waals surface area contributed by atoms with Gasteiger partial charge in [0.2, 0.25) is 0 Å². The molecule has 0 saturated heterocycles. The fourth-order valence-electron chi connectivity index (χ4n) is 2.48. The van der Waals surface area contributed by atoms with Gasteiger partial charge in [0, 0.05) is 17.3 Å². The van der Waals surface area contributed by atoms with Crippen molar-refractivity contribution < 1.29 is 22.3 Å². The lowest BCUT2D eigenvalue weighted by molar-refractivity contribution is 0.282. The summed E-state index contributed by atoms with van der Waals surface area (Å²) in [6, 6.07) is 15.2. The predicted molar refractivity (Wildman–Crippen MR) is 106 cm³/mol. The van der Waals surface area contributed by atoms with Crippen molar-refractivity contribution in [1.82, 2.24) is 0 Å². The number of hydrogen-bond donors (Lipinski definition) is 2. The molecule has 0 unspecified atom stereocenters. The van der Waals surface area contributed by atoms with Crippen molar-refractivity contribution in [2.45, 2.75) is 25.3 Å². The van der Waals surface area contributed by atoms with Crippen molar-refractivity contribution in [3.8, 4) is 11.1 Å². The maximum absolute atomic E-state index is 13.8. The SMILES string of the molecule is CC.O=S(=O)(Nc1cccc(CO)c1)c1ccc(-c2ccc(F)cc2F)cc1. The summed E-state index contributed by atoms with van der Waals surface area (Å²) < 4.78 is 54.2. The van der Waals surface area contributed by atoms with Gasteiger partial charge >= 0.3 is 0 Å². The monoisotopic (exact) mass is 405 g/mol. The Morgan fingerprint density at radius 3 is 2.21 bits per heavy atom. The van der Waals surface area contributed by atoms with E-state index in [2.05, 4.69) is 4.72 Å². The lowest BCUT2D eigenvalue weighted by atomic mass is 10.1. The van der Waals surface area contributed by atoms with Crippen LogP contribution in [0.5, 0.6) is 0 Å². The fourth-order valence-corrected chi connectivity index (χ4v) is 3.53. The maximum Gasteiger partial charge on any atom is 0.261 e. The summed E-state index contributed by atoms with van der Waals surface area (Å²) in [6.45, 7) is 3.80. The quantitative estimate of drug-likeness (QED) is 0.631. The first-order chi connectivity index (χ1) is 13.4. The molecule has 7 heteroatoms. The molecule has 3 aromatic rings. The lowest BCUT2D eigenvalue weighted by Crippen LogP contribution is -2.13. The van der Waals surface area contributed by atoms with E-state index in [1.54, 1.807) is 18.2 Å². The minimum Gasteiger partial charge on any atom is -0.392 e. The summed E-state index contributed by atoms with van der Waals surface area (Å²) in [5.74, 6) is -1.40. The number of halogens is 2. The van der Waals surface area contributed by atoms with Gasteiger partial charge in [0.15, 0.2) is 0 Å². The minimum absolute atomic E-state index is 0.00169. The van der Waals surface area contributed by atoms with Crippen molar-refractivity contribution >= 4 is 15.7 Å². The molecule has 0 radical (unpaired) electrons. The Hall–Kier alpha value is -2.77. The Morgan fingerprint density at radius 2 is 1.61 bits per heavy atom. The molecule has 0 aromatic heterocycles. The number of aliphatic hydroxyl groups excluding tert-OH is 1. The summed E-state index contributed by atoms with van der Waals surface area (Å²) in [7, 11) is -3.84. The van der Waals surface area contributed by atoms with Crippen LogP contribution in [0.1, 0.15) is 19.4 Å². The highest BCUT2D eigenvalue weighted by atomic mass is 32.2. The van der Waals surface area contributed by atoms with Gasteiger partial charge in [0.25, 0.3) is 10.0 Å². The van der Waals surface area contributed by atoms with Gasteiger partial charge in [0.05, 0.1) is 11.5 Å². The van der Waals surface area contributed by atoms with Crippen molar-refractivity contribution in [1.29, 1.82) is 0 Å². The van der Waals surface area contributed by atoms with E-state index in [4.69, 9.17) is 5.11 Å². The van der Waals surface area contributed by atoms with Gasteiger partial charge in [0.1, 0.15) is 11.6 Å². The third-order valence-electron chi connectivity index (χ3n) is 3.77. The Bertz CT molecular complexity index is 1040. The Kier molecular flexibility index (Phi) is 7.25. The molecule has 0 aliphatic rings. The van der Waals surface area contributed by atoms with E-state index < -0.39 is 21.7 Å². The summed E-state index contributed by atoms with van der Waals surface area (Å²) in [5, 5.41) is 9.12. The zero-order valence-corrected chi connectivity index (χ0v) is 16.3. The summed E-state index contributed by atoms with van der Waals surface area (Å²) >= 11 is 0. The topological polar surface area (TPSA) is 66.4 Å². The van der Waals surface area contributed by atoms with E-state index in [9.17, 15) is 17.2 Å². The number of anilines is 1. The standard InChI is InChI=1S/C19H15F2NO3S.C2H6/c20-15-6-9-18(19(21)11-15)14-4-7-17(8-5-14)26(24,25)22-16-3-1-2-13(10-16)12-23;1-2/h1-11,22-23H,12H2;1-2H3. The smallest absolute Gasteiger partial charge is 0.261 e. The average Bonchev–Trinajstić information content (AvgIpc) is 2.69. The number of hydrogen-bond acceptors (Lipinski definition) is 3.